The summed E-state index contributed by atoms with van der Waals surface area (Å²) in [6.07, 6.45) is 0. The molecule has 0 aliphatic rings. The molecular formula is C8HCrO3-5. The smallest absolute Gasteiger partial charge is 0 e. The van der Waals surface area contributed by atoms with Crippen molar-refractivity contribution < 1.29 is 31.3 Å². The van der Waals surface area contributed by atoms with Crippen LogP contribution in [0.3, 0.4) is 0 Å². The van der Waals surface area contributed by atoms with E-state index in [1.54, 1.807) is 6.07 Å². The molecule has 0 bridgehead atoms. The van der Waals surface area contributed by atoms with E-state index in [0.717, 1.165) is 0 Å². The molecule has 0 radical (unpaired) electrons. The predicted molar refractivity (Wildman–Crippen MR) is 29.2 cm³/mol. The maximum Gasteiger partial charge on any atom is 0 e. The first kappa shape index (κ1) is 22.5. The largest absolute Gasteiger partial charge is 0.999 e. The molecule has 1 aromatic rings. The van der Waals surface area contributed by atoms with Crippen molar-refractivity contribution in [1.82, 2.24) is 0 Å². The van der Waals surface area contributed by atoms with Gasteiger partial charge in [0.1, 0.15) is 0 Å². The van der Waals surface area contributed by atoms with Gasteiger partial charge in [0.2, 0.25) is 0 Å². The fraction of sp³-hybridized carbons (Fsp3) is 0. The van der Waals surface area contributed by atoms with Crippen molar-refractivity contribution in [3.05, 3.63) is 50.3 Å². The van der Waals surface area contributed by atoms with Crippen LogP contribution in [0.15, 0.2) is 6.07 Å². The van der Waals surface area contributed by atoms with Crippen LogP contribution in [0.2, 0.25) is 0 Å². The molecule has 0 aromatic heterocycles. The van der Waals surface area contributed by atoms with E-state index >= 15 is 0 Å². The Labute approximate surface area is 82.0 Å². The summed E-state index contributed by atoms with van der Waals surface area (Å²) in [5.74, 6) is 0. The minimum atomic E-state index is 0. The summed E-state index contributed by atoms with van der Waals surface area (Å²) in [7, 11) is 0. The number of hydrogen-bond acceptors (Lipinski definition) is 0. The molecule has 0 saturated heterocycles. The topological polar surface area (TPSA) is 59.7 Å². The molecule has 0 spiro atoms. The molecule has 0 atom stereocenters. The third-order valence-corrected chi connectivity index (χ3v) is 0.351. The van der Waals surface area contributed by atoms with E-state index in [4.69, 9.17) is 14.0 Å². The molecule has 0 saturated carbocycles. The van der Waals surface area contributed by atoms with Gasteiger partial charge in [-0.2, -0.15) is 0 Å². The number of hydrogen-bond donors (Lipinski definition) is 0. The van der Waals surface area contributed by atoms with Gasteiger partial charge in [-0.05, 0) is 0 Å². The third-order valence-electron chi connectivity index (χ3n) is 0.351. The van der Waals surface area contributed by atoms with Crippen LogP contribution in [0.5, 0.6) is 0 Å². The summed E-state index contributed by atoms with van der Waals surface area (Å²) < 4.78 is 22.5. The quantitative estimate of drug-likeness (QED) is 0.429. The maximum atomic E-state index is 7.50. The molecule has 0 N–H and O–H groups in total. The van der Waals surface area contributed by atoms with Crippen molar-refractivity contribution in [2.75, 3.05) is 0 Å². The van der Waals surface area contributed by atoms with E-state index in [1.807, 2.05) is 0 Å². The Morgan fingerprint density at radius 3 is 1.08 bits per heavy atom. The van der Waals surface area contributed by atoms with Crippen LogP contribution in [0.1, 0.15) is 0 Å². The fourth-order valence-electron chi connectivity index (χ4n) is 0.180. The molecule has 0 heterocycles. The van der Waals surface area contributed by atoms with Gasteiger partial charge in [0.15, 0.2) is 0 Å². The second kappa shape index (κ2) is 49.7. The summed E-state index contributed by atoms with van der Waals surface area (Å²) in [5, 5.41) is 0. The van der Waals surface area contributed by atoms with Crippen molar-refractivity contribution in [2.45, 2.75) is 0 Å². The van der Waals surface area contributed by atoms with Crippen LogP contribution in [0.25, 0.3) is 0 Å². The summed E-state index contributed by atoms with van der Waals surface area (Å²) in [4.78, 5) is 0. The van der Waals surface area contributed by atoms with E-state index in [2.05, 4.69) is 44.2 Å². The van der Waals surface area contributed by atoms with Crippen molar-refractivity contribution in [1.29, 1.82) is 0 Å². The third kappa shape index (κ3) is 35.5. The number of rotatable bonds is 0. The maximum absolute atomic E-state index is 7.50. The molecule has 0 amide bonds. The van der Waals surface area contributed by atoms with Gasteiger partial charge in [-0.3, -0.25) is 0 Å². The molecule has 0 unspecified atom stereocenters. The van der Waals surface area contributed by atoms with Crippen molar-refractivity contribution in [3.63, 3.8) is 0 Å². The van der Waals surface area contributed by atoms with Gasteiger partial charge in [-0.25, -0.2) is 0 Å². The Bertz CT molecular complexity index is 142. The van der Waals surface area contributed by atoms with Crippen molar-refractivity contribution in [3.8, 4) is 0 Å². The summed E-state index contributed by atoms with van der Waals surface area (Å²) in [6.45, 7) is 13.5. The van der Waals surface area contributed by atoms with Gasteiger partial charge < -0.3 is 30.3 Å². The van der Waals surface area contributed by atoms with E-state index in [0.29, 0.717) is 0 Å². The molecular weight excluding hydrogens is 196 g/mol. The summed E-state index contributed by atoms with van der Waals surface area (Å²) in [5.41, 5.74) is 0. The van der Waals surface area contributed by atoms with Crippen LogP contribution in [0, 0.1) is 44.2 Å². The van der Waals surface area contributed by atoms with Gasteiger partial charge in [0.05, 0.1) is 0 Å². The Kier molecular flexibility index (Phi) is 93.1. The predicted octanol–water partition coefficient (Wildman–Crippen LogP) is 0.491. The Morgan fingerprint density at radius 1 is 0.750 bits per heavy atom. The second-order valence-electron chi connectivity index (χ2n) is 0.683. The molecule has 0 aliphatic heterocycles. The van der Waals surface area contributed by atoms with E-state index in [1.165, 1.54) is 0 Å². The van der Waals surface area contributed by atoms with Crippen molar-refractivity contribution in [2.24, 2.45) is 0 Å². The SMILES string of the molecule is [C-]#[O+].[C-]#[O+].[C-]#[O+].[Cr].[c-]1[c-][c-][cH-][c-]1. The van der Waals surface area contributed by atoms with Gasteiger partial charge in [-0.15, -0.1) is 0 Å². The zero-order chi connectivity index (χ0) is 9.54. The molecule has 4 heteroatoms. The Morgan fingerprint density at radius 2 is 1.00 bits per heavy atom. The van der Waals surface area contributed by atoms with Crippen LogP contribution in [-0.2, 0) is 31.3 Å². The molecule has 12 heavy (non-hydrogen) atoms. The van der Waals surface area contributed by atoms with Gasteiger partial charge in [0.25, 0.3) is 0 Å². The van der Waals surface area contributed by atoms with Crippen LogP contribution in [0.4, 0.5) is 0 Å². The molecule has 3 nitrogen and oxygen atoms in total. The zero-order valence-corrected chi connectivity index (χ0v) is 6.99. The van der Waals surface area contributed by atoms with Crippen LogP contribution < -0.4 is 0 Å². The molecule has 1 rings (SSSR count). The monoisotopic (exact) mass is 197 g/mol. The van der Waals surface area contributed by atoms with Gasteiger partial charge in [0, 0.05) is 17.4 Å². The van der Waals surface area contributed by atoms with Gasteiger partial charge >= 0.3 is 33.9 Å². The zero-order valence-electron chi connectivity index (χ0n) is 5.71. The van der Waals surface area contributed by atoms with E-state index < -0.39 is 0 Å². The second-order valence-corrected chi connectivity index (χ2v) is 0.683. The first-order valence-electron chi connectivity index (χ1n) is 1.94. The van der Waals surface area contributed by atoms with Crippen LogP contribution >= 0.6 is 0 Å². The Balaban J connectivity index is -0.0000000406. The average molecular weight is 197 g/mol. The normalized spacial score (nSPS) is 3.83. The molecule has 0 aliphatic carbocycles. The van der Waals surface area contributed by atoms with Crippen LogP contribution in [-0.4, -0.2) is 0 Å². The fourth-order valence-corrected chi connectivity index (χ4v) is 0.180. The Hall–Kier alpha value is -0.898. The first-order chi connectivity index (χ1) is 5.50. The molecule has 0 fully saturated rings. The van der Waals surface area contributed by atoms with Crippen molar-refractivity contribution >= 4 is 0 Å². The molecule has 1 aromatic carbocycles. The summed E-state index contributed by atoms with van der Waals surface area (Å²) >= 11 is 0. The molecule has 62 valence electrons. The van der Waals surface area contributed by atoms with E-state index in [9.17, 15) is 0 Å². The first-order valence-corrected chi connectivity index (χ1v) is 1.94. The average Bonchev–Trinajstić information content (AvgIpc) is 2.71. The van der Waals surface area contributed by atoms with Gasteiger partial charge in [-0.1, -0.05) is 0 Å². The summed E-state index contributed by atoms with van der Waals surface area (Å²) in [6, 6.07) is 12.0. The minimum Gasteiger partial charge on any atom is -0.999 e. The minimum absolute atomic E-state index is 0. The van der Waals surface area contributed by atoms with E-state index in [-0.39, 0.29) is 17.4 Å². The standard InChI is InChI=1S/C5H.3CO.Cr/c1-2-4-5-3-1;3*1-2;/h1H;;;;/q-5;;;;.